The maximum absolute atomic E-state index is 12.1. The summed E-state index contributed by atoms with van der Waals surface area (Å²) >= 11 is 1.37. The molecular weight excluding hydrogens is 310 g/mol. The Morgan fingerprint density at radius 1 is 1.35 bits per heavy atom. The lowest BCUT2D eigenvalue weighted by Gasteiger charge is -2.35. The van der Waals surface area contributed by atoms with E-state index in [0.29, 0.717) is 17.5 Å². The summed E-state index contributed by atoms with van der Waals surface area (Å²) in [5.41, 5.74) is 0. The summed E-state index contributed by atoms with van der Waals surface area (Å²) in [4.78, 5) is 27.1. The number of carbonyl (C=O) groups excluding carboxylic acids is 2. The first-order valence-electron chi connectivity index (χ1n) is 8.33. The zero-order valence-corrected chi connectivity index (χ0v) is 15.0. The van der Waals surface area contributed by atoms with Crippen LogP contribution < -0.4 is 10.6 Å². The van der Waals surface area contributed by atoms with E-state index in [1.165, 1.54) is 24.2 Å². The fraction of sp³-hybridized carbons (Fsp3) is 0.647. The summed E-state index contributed by atoms with van der Waals surface area (Å²) < 4.78 is 0. The molecule has 2 unspecified atom stereocenters. The lowest BCUT2D eigenvalue weighted by molar-refractivity contribution is -0.122. The van der Waals surface area contributed by atoms with E-state index in [4.69, 9.17) is 0 Å². The highest BCUT2D eigenvalue weighted by Gasteiger charge is 2.22. The summed E-state index contributed by atoms with van der Waals surface area (Å²) in [6.45, 7) is 8.97. The van der Waals surface area contributed by atoms with Gasteiger partial charge in [0.2, 0.25) is 5.91 Å². The minimum Gasteiger partial charge on any atom is -0.353 e. The van der Waals surface area contributed by atoms with Crippen molar-refractivity contribution in [3.8, 4) is 0 Å². The van der Waals surface area contributed by atoms with Gasteiger partial charge in [-0.3, -0.25) is 14.5 Å². The van der Waals surface area contributed by atoms with Gasteiger partial charge in [0.1, 0.15) is 6.04 Å². The summed E-state index contributed by atoms with van der Waals surface area (Å²) in [5, 5.41) is 7.53. The molecule has 0 bridgehead atoms. The van der Waals surface area contributed by atoms with Gasteiger partial charge in [-0.05, 0) is 57.1 Å². The third kappa shape index (κ3) is 5.32. The molecule has 2 amide bonds. The van der Waals surface area contributed by atoms with Crippen molar-refractivity contribution in [2.75, 3.05) is 19.6 Å². The van der Waals surface area contributed by atoms with Crippen LogP contribution in [0.5, 0.6) is 0 Å². The van der Waals surface area contributed by atoms with E-state index in [1.807, 2.05) is 11.4 Å². The van der Waals surface area contributed by atoms with Gasteiger partial charge in [-0.15, -0.1) is 11.3 Å². The van der Waals surface area contributed by atoms with Crippen LogP contribution in [0, 0.1) is 5.92 Å². The standard InChI is InChI=1S/C17H27N3O2S/c1-12-6-8-20(9-7-12)13(2)11-18-16(21)14(3)19-17(22)15-5-4-10-23-15/h4-5,10,12-14H,6-9,11H2,1-3H3,(H,18,21)(H,19,22). The normalized spacial score (nSPS) is 19.1. The molecule has 0 aromatic carbocycles. The van der Waals surface area contributed by atoms with Gasteiger partial charge < -0.3 is 10.6 Å². The van der Waals surface area contributed by atoms with Crippen LogP contribution in [-0.2, 0) is 4.79 Å². The van der Waals surface area contributed by atoms with Crippen LogP contribution in [0.3, 0.4) is 0 Å². The molecular formula is C17H27N3O2S. The maximum atomic E-state index is 12.1. The van der Waals surface area contributed by atoms with Crippen LogP contribution in [0.1, 0.15) is 43.3 Å². The third-order valence-corrected chi connectivity index (χ3v) is 5.37. The van der Waals surface area contributed by atoms with Gasteiger partial charge in [0.05, 0.1) is 4.88 Å². The van der Waals surface area contributed by atoms with Crippen LogP contribution in [0.15, 0.2) is 17.5 Å². The molecule has 1 aliphatic heterocycles. The zero-order chi connectivity index (χ0) is 16.8. The minimum absolute atomic E-state index is 0.132. The summed E-state index contributed by atoms with van der Waals surface area (Å²) in [6.07, 6.45) is 2.46. The van der Waals surface area contributed by atoms with Gasteiger partial charge >= 0.3 is 0 Å². The monoisotopic (exact) mass is 337 g/mol. The lowest BCUT2D eigenvalue weighted by Crippen LogP contribution is -2.50. The van der Waals surface area contributed by atoms with Crippen molar-refractivity contribution in [1.82, 2.24) is 15.5 Å². The summed E-state index contributed by atoms with van der Waals surface area (Å²) in [5.74, 6) is 0.480. The van der Waals surface area contributed by atoms with Gasteiger partial charge in [-0.25, -0.2) is 0 Å². The first kappa shape index (κ1) is 17.9. The molecule has 23 heavy (non-hydrogen) atoms. The summed E-state index contributed by atoms with van der Waals surface area (Å²) in [6, 6.07) is 3.38. The predicted octanol–water partition coefficient (Wildman–Crippen LogP) is 2.10. The number of nitrogens with zero attached hydrogens (tertiary/aromatic N) is 1. The molecule has 6 heteroatoms. The fourth-order valence-corrected chi connectivity index (χ4v) is 3.37. The van der Waals surface area contributed by atoms with Crippen molar-refractivity contribution < 1.29 is 9.59 Å². The van der Waals surface area contributed by atoms with Crippen LogP contribution in [-0.4, -0.2) is 48.4 Å². The third-order valence-electron chi connectivity index (χ3n) is 4.50. The smallest absolute Gasteiger partial charge is 0.261 e. The Labute approximate surface area is 142 Å². The topological polar surface area (TPSA) is 61.4 Å². The second-order valence-electron chi connectivity index (χ2n) is 6.49. The van der Waals surface area contributed by atoms with E-state index >= 15 is 0 Å². The number of likely N-dealkylation sites (tertiary alicyclic amines) is 1. The maximum Gasteiger partial charge on any atom is 0.261 e. The number of amides is 2. The molecule has 1 aromatic heterocycles. The Morgan fingerprint density at radius 2 is 2.04 bits per heavy atom. The van der Waals surface area contributed by atoms with Crippen molar-refractivity contribution in [2.24, 2.45) is 5.92 Å². The molecule has 0 spiro atoms. The van der Waals surface area contributed by atoms with E-state index in [-0.39, 0.29) is 11.8 Å². The minimum atomic E-state index is -0.529. The zero-order valence-electron chi connectivity index (χ0n) is 14.2. The van der Waals surface area contributed by atoms with Gasteiger partial charge in [0.15, 0.2) is 0 Å². The van der Waals surface area contributed by atoms with Crippen molar-refractivity contribution in [3.63, 3.8) is 0 Å². The Bertz CT molecular complexity index is 510. The molecule has 0 radical (unpaired) electrons. The van der Waals surface area contributed by atoms with Crippen LogP contribution >= 0.6 is 11.3 Å². The average Bonchev–Trinajstić information content (AvgIpc) is 3.07. The summed E-state index contributed by atoms with van der Waals surface area (Å²) in [7, 11) is 0. The fourth-order valence-electron chi connectivity index (χ4n) is 2.74. The molecule has 2 atom stereocenters. The highest BCUT2D eigenvalue weighted by molar-refractivity contribution is 7.12. The Balaban J connectivity index is 1.72. The second kappa shape index (κ2) is 8.45. The predicted molar refractivity (Wildman–Crippen MR) is 93.7 cm³/mol. The Kier molecular flexibility index (Phi) is 6.59. The highest BCUT2D eigenvalue weighted by atomic mass is 32.1. The molecule has 1 aliphatic rings. The number of hydrogen-bond acceptors (Lipinski definition) is 4. The Morgan fingerprint density at radius 3 is 2.65 bits per heavy atom. The van der Waals surface area contributed by atoms with Crippen LogP contribution in [0.25, 0.3) is 0 Å². The number of carbonyl (C=O) groups is 2. The number of nitrogens with one attached hydrogen (secondary N) is 2. The SMILES string of the molecule is CC1CCN(C(C)CNC(=O)C(C)NC(=O)c2cccs2)CC1. The van der Waals surface area contributed by atoms with Crippen molar-refractivity contribution in [2.45, 2.75) is 45.7 Å². The van der Waals surface area contributed by atoms with Crippen LogP contribution in [0.2, 0.25) is 0 Å². The van der Waals surface area contributed by atoms with E-state index < -0.39 is 6.04 Å². The van der Waals surface area contributed by atoms with Crippen LogP contribution in [0.4, 0.5) is 0 Å². The molecule has 1 aromatic rings. The van der Waals surface area contributed by atoms with Gasteiger partial charge in [-0.2, -0.15) is 0 Å². The van der Waals surface area contributed by atoms with E-state index in [0.717, 1.165) is 19.0 Å². The number of piperidine rings is 1. The van der Waals surface area contributed by atoms with E-state index in [1.54, 1.807) is 13.0 Å². The van der Waals surface area contributed by atoms with Crippen molar-refractivity contribution >= 4 is 23.2 Å². The van der Waals surface area contributed by atoms with E-state index in [9.17, 15) is 9.59 Å². The first-order valence-corrected chi connectivity index (χ1v) is 9.21. The largest absolute Gasteiger partial charge is 0.353 e. The number of rotatable bonds is 6. The van der Waals surface area contributed by atoms with Gasteiger partial charge in [-0.1, -0.05) is 13.0 Å². The molecule has 1 saturated heterocycles. The average molecular weight is 337 g/mol. The molecule has 1 fully saturated rings. The molecule has 0 aliphatic carbocycles. The molecule has 5 nitrogen and oxygen atoms in total. The van der Waals surface area contributed by atoms with Gasteiger partial charge in [0.25, 0.3) is 5.91 Å². The number of thiophene rings is 1. The first-order chi connectivity index (χ1) is 11.0. The van der Waals surface area contributed by atoms with Crippen molar-refractivity contribution in [3.05, 3.63) is 22.4 Å². The Hall–Kier alpha value is -1.40. The van der Waals surface area contributed by atoms with E-state index in [2.05, 4.69) is 29.4 Å². The van der Waals surface area contributed by atoms with Gasteiger partial charge in [0, 0.05) is 12.6 Å². The molecule has 0 saturated carbocycles. The molecule has 128 valence electrons. The quantitative estimate of drug-likeness (QED) is 0.836. The molecule has 2 N–H and O–H groups in total. The van der Waals surface area contributed by atoms with Crippen molar-refractivity contribution in [1.29, 1.82) is 0 Å². The molecule has 2 heterocycles. The lowest BCUT2D eigenvalue weighted by atomic mass is 9.98. The number of hydrogen-bond donors (Lipinski definition) is 2. The highest BCUT2D eigenvalue weighted by Crippen LogP contribution is 2.17. The second-order valence-corrected chi connectivity index (χ2v) is 7.43. The molecule has 2 rings (SSSR count).